The summed E-state index contributed by atoms with van der Waals surface area (Å²) in [6.07, 6.45) is -0.409. The molecule has 0 bridgehead atoms. The van der Waals surface area contributed by atoms with Crippen molar-refractivity contribution in [2.45, 2.75) is 39.0 Å². The fourth-order valence-electron chi connectivity index (χ4n) is 3.13. The smallest absolute Gasteiger partial charge is 0.314 e. The van der Waals surface area contributed by atoms with Crippen molar-refractivity contribution < 1.29 is 14.4 Å². The van der Waals surface area contributed by atoms with Crippen molar-refractivity contribution in [3.8, 4) is 0 Å². The van der Waals surface area contributed by atoms with Crippen molar-refractivity contribution >= 4 is 11.7 Å². The molecule has 3 atom stereocenters. The van der Waals surface area contributed by atoms with Crippen LogP contribution in [0, 0.1) is 5.92 Å². The Hall–Kier alpha value is -2.33. The summed E-state index contributed by atoms with van der Waals surface area (Å²) in [4.78, 5) is 18.8. The fourth-order valence-corrected chi connectivity index (χ4v) is 3.13. The maximum absolute atomic E-state index is 12.7. The summed E-state index contributed by atoms with van der Waals surface area (Å²) < 4.78 is 5.49. The Morgan fingerprint density at radius 3 is 2.21 bits per heavy atom. The number of rotatable bonds is 4. The van der Waals surface area contributed by atoms with E-state index < -0.39 is 0 Å². The van der Waals surface area contributed by atoms with Gasteiger partial charge < -0.3 is 4.74 Å². The molecule has 0 aliphatic carbocycles. The van der Waals surface area contributed by atoms with Gasteiger partial charge in [-0.25, -0.2) is 5.06 Å². The van der Waals surface area contributed by atoms with Gasteiger partial charge in [0.2, 0.25) is 0 Å². The van der Waals surface area contributed by atoms with Crippen LogP contribution in [0.5, 0.6) is 0 Å². The molecule has 0 N–H and O–H groups in total. The van der Waals surface area contributed by atoms with Gasteiger partial charge >= 0.3 is 5.97 Å². The van der Waals surface area contributed by atoms with E-state index in [1.807, 2.05) is 86.5 Å². The van der Waals surface area contributed by atoms with E-state index in [-0.39, 0.29) is 30.1 Å². The van der Waals surface area contributed by atoms with Gasteiger partial charge in [0.15, 0.2) is 0 Å². The van der Waals surface area contributed by atoms with Gasteiger partial charge in [-0.2, -0.15) is 0 Å². The van der Waals surface area contributed by atoms with Crippen LogP contribution in [0.3, 0.4) is 0 Å². The van der Waals surface area contributed by atoms with E-state index in [0.717, 1.165) is 11.3 Å². The zero-order valence-corrected chi connectivity index (χ0v) is 14.3. The highest BCUT2D eigenvalue weighted by molar-refractivity contribution is 5.76. The molecule has 2 aromatic rings. The highest BCUT2D eigenvalue weighted by atomic mass is 16.7. The van der Waals surface area contributed by atoms with Crippen LogP contribution in [-0.2, 0) is 14.4 Å². The van der Waals surface area contributed by atoms with Gasteiger partial charge in [-0.1, -0.05) is 48.5 Å². The second-order valence-corrected chi connectivity index (χ2v) is 6.34. The third kappa shape index (κ3) is 3.29. The number of nitrogens with zero attached hydrogens (tertiary/aromatic N) is 1. The van der Waals surface area contributed by atoms with Gasteiger partial charge in [-0.3, -0.25) is 9.63 Å². The van der Waals surface area contributed by atoms with Crippen molar-refractivity contribution in [2.24, 2.45) is 5.92 Å². The van der Waals surface area contributed by atoms with Crippen LogP contribution >= 0.6 is 0 Å². The molecule has 24 heavy (non-hydrogen) atoms. The molecular formula is C20H23NO3. The number of hydrogen-bond donors (Lipinski definition) is 0. The predicted molar refractivity (Wildman–Crippen MR) is 93.4 cm³/mol. The van der Waals surface area contributed by atoms with Crippen LogP contribution in [0.4, 0.5) is 5.69 Å². The quantitative estimate of drug-likeness (QED) is 0.792. The standard InChI is InChI=1S/C20H23NO3/c1-14(2)23-20(22)18-15(3)24-21(17-12-8-5-9-13-17)19(18)16-10-6-4-7-11-16/h4-15,18-19H,1-3H3/t15-,18-,19+/m0/s1. The summed E-state index contributed by atoms with van der Waals surface area (Å²) in [5.74, 6) is -0.597. The zero-order chi connectivity index (χ0) is 17.1. The molecule has 1 heterocycles. The second-order valence-electron chi connectivity index (χ2n) is 6.34. The van der Waals surface area contributed by atoms with Crippen LogP contribution in [0.15, 0.2) is 60.7 Å². The first kappa shape index (κ1) is 16.5. The molecule has 1 saturated heterocycles. The van der Waals surface area contributed by atoms with Gasteiger partial charge in [0, 0.05) is 0 Å². The maximum atomic E-state index is 12.7. The molecule has 0 saturated carbocycles. The van der Waals surface area contributed by atoms with Gasteiger partial charge in [-0.05, 0) is 38.5 Å². The van der Waals surface area contributed by atoms with E-state index in [1.54, 1.807) is 0 Å². The number of ether oxygens (including phenoxy) is 1. The molecule has 0 spiro atoms. The molecule has 1 aliphatic heterocycles. The average Bonchev–Trinajstić information content (AvgIpc) is 2.93. The monoisotopic (exact) mass is 325 g/mol. The summed E-state index contributed by atoms with van der Waals surface area (Å²) in [7, 11) is 0. The van der Waals surface area contributed by atoms with Crippen LogP contribution in [0.25, 0.3) is 0 Å². The topological polar surface area (TPSA) is 38.8 Å². The Labute approximate surface area is 143 Å². The Balaban J connectivity index is 2.00. The average molecular weight is 325 g/mol. The predicted octanol–water partition coefficient (Wildman–Crippen LogP) is 4.14. The van der Waals surface area contributed by atoms with E-state index in [4.69, 9.17) is 9.57 Å². The molecule has 4 nitrogen and oxygen atoms in total. The lowest BCUT2D eigenvalue weighted by molar-refractivity contribution is -0.154. The first-order valence-corrected chi connectivity index (χ1v) is 8.34. The highest BCUT2D eigenvalue weighted by Gasteiger charge is 2.47. The van der Waals surface area contributed by atoms with E-state index in [9.17, 15) is 4.79 Å². The first-order valence-electron chi connectivity index (χ1n) is 8.34. The first-order chi connectivity index (χ1) is 11.6. The molecule has 4 heteroatoms. The summed E-state index contributed by atoms with van der Waals surface area (Å²) in [6, 6.07) is 19.6. The molecule has 0 amide bonds. The number of carbonyl (C=O) groups is 1. The molecule has 0 aromatic heterocycles. The number of hydrogen-bond acceptors (Lipinski definition) is 4. The molecule has 1 aliphatic rings. The maximum Gasteiger partial charge on any atom is 0.314 e. The van der Waals surface area contributed by atoms with Crippen molar-refractivity contribution in [3.63, 3.8) is 0 Å². The van der Waals surface area contributed by atoms with Crippen molar-refractivity contribution in [1.82, 2.24) is 0 Å². The van der Waals surface area contributed by atoms with Crippen molar-refractivity contribution in [3.05, 3.63) is 66.2 Å². The van der Waals surface area contributed by atoms with E-state index in [1.165, 1.54) is 0 Å². The number of esters is 1. The van der Waals surface area contributed by atoms with Crippen LogP contribution in [0.1, 0.15) is 32.4 Å². The molecule has 0 unspecified atom stereocenters. The molecule has 2 aromatic carbocycles. The van der Waals surface area contributed by atoms with Crippen molar-refractivity contribution in [2.75, 3.05) is 5.06 Å². The van der Waals surface area contributed by atoms with Crippen LogP contribution in [-0.4, -0.2) is 18.2 Å². The minimum Gasteiger partial charge on any atom is -0.463 e. The summed E-state index contributed by atoms with van der Waals surface area (Å²) in [5.41, 5.74) is 1.97. The minimum atomic E-state index is -0.380. The second kappa shape index (κ2) is 7.05. The normalized spacial score (nSPS) is 23.5. The van der Waals surface area contributed by atoms with Gasteiger partial charge in [-0.15, -0.1) is 0 Å². The van der Waals surface area contributed by atoms with Crippen LogP contribution < -0.4 is 5.06 Å². The van der Waals surface area contributed by atoms with Gasteiger partial charge in [0.1, 0.15) is 5.92 Å². The number of benzene rings is 2. The minimum absolute atomic E-state index is 0.146. The Bertz CT molecular complexity index is 672. The molecule has 3 rings (SSSR count). The van der Waals surface area contributed by atoms with E-state index in [2.05, 4.69) is 0 Å². The SMILES string of the molecule is CC(C)OC(=O)[C@H]1[C@H](C)ON(c2ccccc2)[C@@H]1c1ccccc1. The third-order valence-corrected chi connectivity index (χ3v) is 4.15. The number of carbonyl (C=O) groups excluding carboxylic acids is 1. The molecular weight excluding hydrogens is 302 g/mol. The largest absolute Gasteiger partial charge is 0.463 e. The number of para-hydroxylation sites is 1. The fraction of sp³-hybridized carbons (Fsp3) is 0.350. The Morgan fingerprint density at radius 2 is 1.62 bits per heavy atom. The summed E-state index contributed by atoms with van der Waals surface area (Å²) in [6.45, 7) is 5.65. The highest BCUT2D eigenvalue weighted by Crippen LogP contribution is 2.42. The third-order valence-electron chi connectivity index (χ3n) is 4.15. The van der Waals surface area contributed by atoms with Crippen molar-refractivity contribution in [1.29, 1.82) is 0 Å². The van der Waals surface area contributed by atoms with E-state index in [0.29, 0.717) is 0 Å². The van der Waals surface area contributed by atoms with Gasteiger partial charge in [0.25, 0.3) is 0 Å². The number of hydroxylamine groups is 1. The van der Waals surface area contributed by atoms with Crippen LogP contribution in [0.2, 0.25) is 0 Å². The summed E-state index contributed by atoms with van der Waals surface area (Å²) >= 11 is 0. The number of anilines is 1. The van der Waals surface area contributed by atoms with E-state index >= 15 is 0 Å². The Morgan fingerprint density at radius 1 is 1.04 bits per heavy atom. The summed E-state index contributed by atoms with van der Waals surface area (Å²) in [5, 5.41) is 1.84. The lowest BCUT2D eigenvalue weighted by atomic mass is 9.90. The molecule has 1 fully saturated rings. The zero-order valence-electron chi connectivity index (χ0n) is 14.3. The van der Waals surface area contributed by atoms with Gasteiger partial charge in [0.05, 0.1) is 23.9 Å². The molecule has 126 valence electrons. The lowest BCUT2D eigenvalue weighted by Crippen LogP contribution is -2.32. The Kier molecular flexibility index (Phi) is 4.86. The lowest BCUT2D eigenvalue weighted by Gasteiger charge is -2.27. The molecule has 0 radical (unpaired) electrons.